The summed E-state index contributed by atoms with van der Waals surface area (Å²) in [7, 11) is 0. The topological polar surface area (TPSA) is 32.3 Å². The van der Waals surface area contributed by atoms with Gasteiger partial charge in [-0.1, -0.05) is 12.1 Å². The van der Waals surface area contributed by atoms with Crippen molar-refractivity contribution in [3.05, 3.63) is 58.3 Å². The molecule has 0 radical (unpaired) electrons. The molecule has 18 heavy (non-hydrogen) atoms. The standard InChI is InChI=1S/C14H13BrFNO/c1-9(10-2-5-12(18)6-3-10)17-11-4-7-14(16)13(15)8-11/h2-9,17-18H,1H3. The first kappa shape index (κ1) is 12.9. The molecule has 2 aromatic carbocycles. The van der Waals surface area contributed by atoms with Gasteiger partial charge in [-0.3, -0.25) is 0 Å². The van der Waals surface area contributed by atoms with Gasteiger partial charge in [-0.25, -0.2) is 4.39 Å². The summed E-state index contributed by atoms with van der Waals surface area (Å²) in [6.07, 6.45) is 0. The lowest BCUT2D eigenvalue weighted by atomic mass is 10.1. The summed E-state index contributed by atoms with van der Waals surface area (Å²) in [6.45, 7) is 2.00. The minimum absolute atomic E-state index is 0.0722. The molecule has 0 aliphatic rings. The Morgan fingerprint density at radius 3 is 2.44 bits per heavy atom. The van der Waals surface area contributed by atoms with Crippen LogP contribution in [0.5, 0.6) is 5.75 Å². The van der Waals surface area contributed by atoms with Gasteiger partial charge in [-0.15, -0.1) is 0 Å². The van der Waals surface area contributed by atoms with E-state index >= 15 is 0 Å². The third kappa shape index (κ3) is 3.01. The average Bonchev–Trinajstić information content (AvgIpc) is 2.34. The van der Waals surface area contributed by atoms with Crippen molar-refractivity contribution in [3.63, 3.8) is 0 Å². The van der Waals surface area contributed by atoms with Crippen molar-refractivity contribution < 1.29 is 9.50 Å². The Bertz CT molecular complexity index is 542. The molecule has 0 spiro atoms. The van der Waals surface area contributed by atoms with Crippen molar-refractivity contribution in [2.24, 2.45) is 0 Å². The average molecular weight is 310 g/mol. The van der Waals surface area contributed by atoms with E-state index in [0.29, 0.717) is 4.47 Å². The van der Waals surface area contributed by atoms with Crippen LogP contribution in [0.4, 0.5) is 10.1 Å². The summed E-state index contributed by atoms with van der Waals surface area (Å²) < 4.78 is 13.5. The van der Waals surface area contributed by atoms with Gasteiger partial charge in [0.05, 0.1) is 4.47 Å². The van der Waals surface area contributed by atoms with Crippen molar-refractivity contribution in [1.82, 2.24) is 0 Å². The lowest BCUT2D eigenvalue weighted by Crippen LogP contribution is -2.06. The Balaban J connectivity index is 2.13. The lowest BCUT2D eigenvalue weighted by molar-refractivity contribution is 0.475. The molecule has 0 aliphatic carbocycles. The second-order valence-electron chi connectivity index (χ2n) is 4.09. The molecule has 2 N–H and O–H groups in total. The van der Waals surface area contributed by atoms with Gasteiger partial charge in [-0.05, 0) is 58.7 Å². The van der Waals surface area contributed by atoms with E-state index < -0.39 is 0 Å². The zero-order valence-corrected chi connectivity index (χ0v) is 11.4. The monoisotopic (exact) mass is 309 g/mol. The SMILES string of the molecule is CC(Nc1ccc(F)c(Br)c1)c1ccc(O)cc1. The van der Waals surface area contributed by atoms with E-state index in [0.717, 1.165) is 11.3 Å². The summed E-state index contributed by atoms with van der Waals surface area (Å²) >= 11 is 3.15. The van der Waals surface area contributed by atoms with Crippen LogP contribution in [0.1, 0.15) is 18.5 Å². The van der Waals surface area contributed by atoms with E-state index in [2.05, 4.69) is 21.2 Å². The van der Waals surface area contributed by atoms with Gasteiger partial charge in [0.15, 0.2) is 0 Å². The number of halogens is 2. The van der Waals surface area contributed by atoms with Gasteiger partial charge in [0.1, 0.15) is 11.6 Å². The number of hydrogen-bond acceptors (Lipinski definition) is 2. The van der Waals surface area contributed by atoms with Crippen LogP contribution < -0.4 is 5.32 Å². The first-order valence-electron chi connectivity index (χ1n) is 5.57. The fraction of sp³-hybridized carbons (Fsp3) is 0.143. The fourth-order valence-electron chi connectivity index (χ4n) is 1.68. The Morgan fingerprint density at radius 2 is 1.83 bits per heavy atom. The molecule has 0 fully saturated rings. The van der Waals surface area contributed by atoms with E-state index in [9.17, 15) is 9.50 Å². The maximum atomic E-state index is 13.1. The van der Waals surface area contributed by atoms with Crippen LogP contribution in [0.15, 0.2) is 46.9 Å². The normalized spacial score (nSPS) is 12.2. The quantitative estimate of drug-likeness (QED) is 0.877. The molecule has 2 aromatic rings. The molecule has 94 valence electrons. The number of aromatic hydroxyl groups is 1. The predicted molar refractivity (Wildman–Crippen MR) is 74.2 cm³/mol. The van der Waals surface area contributed by atoms with Gasteiger partial charge in [0, 0.05) is 11.7 Å². The summed E-state index contributed by atoms with van der Waals surface area (Å²) in [6, 6.07) is 11.9. The van der Waals surface area contributed by atoms with Crippen molar-refractivity contribution in [1.29, 1.82) is 0 Å². The minimum Gasteiger partial charge on any atom is -0.508 e. The Kier molecular flexibility index (Phi) is 3.87. The van der Waals surface area contributed by atoms with E-state index in [1.54, 1.807) is 24.3 Å². The summed E-state index contributed by atoms with van der Waals surface area (Å²) in [5.74, 6) is -0.0340. The van der Waals surface area contributed by atoms with Crippen LogP contribution >= 0.6 is 15.9 Å². The van der Waals surface area contributed by atoms with Gasteiger partial charge in [-0.2, -0.15) is 0 Å². The predicted octanol–water partition coefficient (Wildman–Crippen LogP) is 4.47. The Labute approximate surface area is 114 Å². The molecule has 0 aliphatic heterocycles. The van der Waals surface area contributed by atoms with E-state index in [1.807, 2.05) is 19.1 Å². The van der Waals surface area contributed by atoms with Crippen molar-refractivity contribution in [2.75, 3.05) is 5.32 Å². The number of nitrogens with one attached hydrogen (secondary N) is 1. The molecule has 1 atom stereocenters. The van der Waals surface area contributed by atoms with E-state index in [4.69, 9.17) is 0 Å². The van der Waals surface area contributed by atoms with Crippen molar-refractivity contribution >= 4 is 21.6 Å². The number of phenols is 1. The number of rotatable bonds is 3. The number of anilines is 1. The lowest BCUT2D eigenvalue weighted by Gasteiger charge is -2.16. The molecule has 0 saturated carbocycles. The maximum absolute atomic E-state index is 13.1. The molecule has 0 heterocycles. The second-order valence-corrected chi connectivity index (χ2v) is 4.94. The molecular weight excluding hydrogens is 297 g/mol. The number of benzene rings is 2. The van der Waals surface area contributed by atoms with Crippen LogP contribution in [-0.4, -0.2) is 5.11 Å². The number of phenolic OH excluding ortho intramolecular Hbond substituents is 1. The van der Waals surface area contributed by atoms with Crippen LogP contribution in [0, 0.1) is 5.82 Å². The first-order chi connectivity index (χ1) is 8.56. The molecule has 0 bridgehead atoms. The smallest absolute Gasteiger partial charge is 0.137 e. The second kappa shape index (κ2) is 5.40. The van der Waals surface area contributed by atoms with E-state index in [1.165, 1.54) is 6.07 Å². The Hall–Kier alpha value is -1.55. The van der Waals surface area contributed by atoms with Crippen LogP contribution in [0.2, 0.25) is 0 Å². The molecule has 4 heteroatoms. The highest BCUT2D eigenvalue weighted by atomic mass is 79.9. The van der Waals surface area contributed by atoms with Crippen LogP contribution in [0.3, 0.4) is 0 Å². The molecule has 0 saturated heterocycles. The van der Waals surface area contributed by atoms with E-state index in [-0.39, 0.29) is 17.6 Å². The van der Waals surface area contributed by atoms with Crippen molar-refractivity contribution in [2.45, 2.75) is 13.0 Å². The van der Waals surface area contributed by atoms with Crippen molar-refractivity contribution in [3.8, 4) is 5.75 Å². The summed E-state index contributed by atoms with van der Waals surface area (Å²) in [5, 5.41) is 12.5. The first-order valence-corrected chi connectivity index (χ1v) is 6.36. The zero-order chi connectivity index (χ0) is 13.1. The van der Waals surface area contributed by atoms with Gasteiger partial charge in [0.25, 0.3) is 0 Å². The summed E-state index contributed by atoms with van der Waals surface area (Å²) in [5.41, 5.74) is 1.89. The third-order valence-corrected chi connectivity index (χ3v) is 3.30. The highest BCUT2D eigenvalue weighted by Crippen LogP contribution is 2.24. The highest BCUT2D eigenvalue weighted by molar-refractivity contribution is 9.10. The molecular formula is C14H13BrFNO. The Morgan fingerprint density at radius 1 is 1.17 bits per heavy atom. The zero-order valence-electron chi connectivity index (χ0n) is 9.82. The molecule has 2 rings (SSSR count). The largest absolute Gasteiger partial charge is 0.508 e. The minimum atomic E-state index is -0.280. The van der Waals surface area contributed by atoms with Gasteiger partial charge in [0.2, 0.25) is 0 Å². The third-order valence-electron chi connectivity index (χ3n) is 2.70. The molecule has 0 amide bonds. The van der Waals surface area contributed by atoms with Crippen LogP contribution in [0.25, 0.3) is 0 Å². The fourth-order valence-corrected chi connectivity index (χ4v) is 2.06. The molecule has 0 aromatic heterocycles. The highest BCUT2D eigenvalue weighted by Gasteiger charge is 2.06. The maximum Gasteiger partial charge on any atom is 0.137 e. The summed E-state index contributed by atoms with van der Waals surface area (Å²) in [4.78, 5) is 0. The molecule has 2 nitrogen and oxygen atoms in total. The van der Waals surface area contributed by atoms with Crippen LogP contribution in [-0.2, 0) is 0 Å². The number of hydrogen-bond donors (Lipinski definition) is 2. The van der Waals surface area contributed by atoms with Gasteiger partial charge < -0.3 is 10.4 Å². The molecule has 1 unspecified atom stereocenters. The van der Waals surface area contributed by atoms with Gasteiger partial charge >= 0.3 is 0 Å².